The van der Waals surface area contributed by atoms with E-state index in [1.165, 1.54) is 35.5 Å². The first-order chi connectivity index (χ1) is 9.76. The van der Waals surface area contributed by atoms with Gasteiger partial charge in [-0.1, -0.05) is 0 Å². The minimum atomic E-state index is -0.251. The average Bonchev–Trinajstić information content (AvgIpc) is 3.22. The summed E-state index contributed by atoms with van der Waals surface area (Å²) in [4.78, 5) is 5.90. The molecule has 1 aromatic carbocycles. The Morgan fingerprint density at radius 2 is 2.05 bits per heavy atom. The normalized spacial score (nSPS) is 14.5. The maximum atomic E-state index is 12.8. The van der Waals surface area contributed by atoms with Crippen molar-refractivity contribution in [2.45, 2.75) is 31.7 Å². The molecule has 0 saturated heterocycles. The third-order valence-corrected chi connectivity index (χ3v) is 4.47. The second-order valence-electron chi connectivity index (χ2n) is 4.95. The van der Waals surface area contributed by atoms with Gasteiger partial charge in [0.05, 0.1) is 17.3 Å². The average molecular weight is 292 g/mol. The highest BCUT2D eigenvalue weighted by Crippen LogP contribution is 2.42. The summed E-state index contributed by atoms with van der Waals surface area (Å²) in [5, 5.41) is 1.08. The number of nitrogens with zero attached hydrogens (tertiary/aromatic N) is 1. The lowest BCUT2D eigenvalue weighted by atomic mass is 10.2. The van der Waals surface area contributed by atoms with Crippen molar-refractivity contribution in [1.82, 2.24) is 4.98 Å². The van der Waals surface area contributed by atoms with Gasteiger partial charge in [-0.2, -0.15) is 0 Å². The number of nitrogens with two attached hydrogens (primary N) is 1. The summed E-state index contributed by atoms with van der Waals surface area (Å²) in [7, 11) is 0. The van der Waals surface area contributed by atoms with Crippen LogP contribution in [0.15, 0.2) is 24.3 Å². The molecule has 3 rings (SSSR count). The van der Waals surface area contributed by atoms with Crippen LogP contribution in [0.25, 0.3) is 0 Å². The number of thiazole rings is 1. The molecule has 1 aliphatic carbocycles. The lowest BCUT2D eigenvalue weighted by Crippen LogP contribution is -2.01. The zero-order valence-electron chi connectivity index (χ0n) is 11.1. The van der Waals surface area contributed by atoms with Crippen LogP contribution in [0, 0.1) is 5.82 Å². The zero-order chi connectivity index (χ0) is 13.9. The number of rotatable bonds is 6. The van der Waals surface area contributed by atoms with Crippen LogP contribution in [0.1, 0.15) is 34.3 Å². The van der Waals surface area contributed by atoms with Crippen LogP contribution in [-0.4, -0.2) is 11.6 Å². The first kappa shape index (κ1) is 13.5. The van der Waals surface area contributed by atoms with Crippen molar-refractivity contribution >= 4 is 11.3 Å². The van der Waals surface area contributed by atoms with E-state index in [-0.39, 0.29) is 5.82 Å². The zero-order valence-corrected chi connectivity index (χ0v) is 12.0. The van der Waals surface area contributed by atoms with Crippen molar-refractivity contribution in [3.63, 3.8) is 0 Å². The molecule has 3 nitrogen and oxygen atoms in total. The molecule has 2 N–H and O–H groups in total. The Bertz CT molecular complexity index is 578. The highest BCUT2D eigenvalue weighted by atomic mass is 32.1. The Morgan fingerprint density at radius 1 is 1.30 bits per heavy atom. The van der Waals surface area contributed by atoms with Crippen LogP contribution >= 0.6 is 11.3 Å². The van der Waals surface area contributed by atoms with Crippen LogP contribution in [0.3, 0.4) is 0 Å². The summed E-state index contributed by atoms with van der Waals surface area (Å²) in [5.41, 5.74) is 6.97. The molecule has 2 aromatic rings. The van der Waals surface area contributed by atoms with Crippen molar-refractivity contribution < 1.29 is 9.13 Å². The quantitative estimate of drug-likeness (QED) is 0.889. The second-order valence-corrected chi connectivity index (χ2v) is 6.11. The molecule has 1 fully saturated rings. The first-order valence-corrected chi connectivity index (χ1v) is 7.65. The summed E-state index contributed by atoms with van der Waals surface area (Å²) in [5.74, 6) is 1.07. The third kappa shape index (κ3) is 3.16. The number of aromatic nitrogens is 1. The number of ether oxygens (including phenoxy) is 1. The van der Waals surface area contributed by atoms with Gasteiger partial charge in [0, 0.05) is 23.8 Å². The van der Waals surface area contributed by atoms with Gasteiger partial charge in [-0.05, 0) is 37.1 Å². The fourth-order valence-electron chi connectivity index (χ4n) is 2.13. The molecule has 0 aliphatic heterocycles. The van der Waals surface area contributed by atoms with Crippen molar-refractivity contribution in [1.29, 1.82) is 0 Å². The summed E-state index contributed by atoms with van der Waals surface area (Å²) < 4.78 is 18.4. The van der Waals surface area contributed by atoms with Crippen LogP contribution in [0.2, 0.25) is 0 Å². The number of benzene rings is 1. The summed E-state index contributed by atoms with van der Waals surface area (Å²) in [6, 6.07) is 6.07. The largest absolute Gasteiger partial charge is 0.493 e. The van der Waals surface area contributed by atoms with Crippen LogP contribution in [-0.2, 0) is 13.0 Å². The van der Waals surface area contributed by atoms with Gasteiger partial charge in [-0.3, -0.25) is 0 Å². The van der Waals surface area contributed by atoms with Crippen molar-refractivity contribution in [2.75, 3.05) is 6.61 Å². The second kappa shape index (κ2) is 5.89. The van der Waals surface area contributed by atoms with Crippen molar-refractivity contribution in [2.24, 2.45) is 5.73 Å². The number of hydrogen-bond acceptors (Lipinski definition) is 4. The molecule has 106 valence electrons. The molecule has 0 amide bonds. The lowest BCUT2D eigenvalue weighted by molar-refractivity contribution is 0.321. The highest BCUT2D eigenvalue weighted by molar-refractivity contribution is 7.11. The molecule has 1 aromatic heterocycles. The topological polar surface area (TPSA) is 48.1 Å². The van der Waals surface area contributed by atoms with Crippen molar-refractivity contribution in [3.8, 4) is 5.75 Å². The van der Waals surface area contributed by atoms with Gasteiger partial charge in [0.25, 0.3) is 0 Å². The lowest BCUT2D eigenvalue weighted by Gasteiger charge is -2.04. The van der Waals surface area contributed by atoms with E-state index in [2.05, 4.69) is 4.98 Å². The molecule has 20 heavy (non-hydrogen) atoms. The monoisotopic (exact) mass is 292 g/mol. The van der Waals surface area contributed by atoms with Gasteiger partial charge < -0.3 is 10.5 Å². The molecule has 0 unspecified atom stereocenters. The minimum Gasteiger partial charge on any atom is -0.493 e. The van der Waals surface area contributed by atoms with Crippen molar-refractivity contribution in [3.05, 3.63) is 45.7 Å². The molecule has 0 spiro atoms. The van der Waals surface area contributed by atoms with Gasteiger partial charge in [-0.25, -0.2) is 9.37 Å². The summed E-state index contributed by atoms with van der Waals surface area (Å²) in [6.07, 6.45) is 3.24. The molecule has 0 atom stereocenters. The van der Waals surface area contributed by atoms with E-state index < -0.39 is 0 Å². The Labute approximate surface area is 121 Å². The maximum absolute atomic E-state index is 12.8. The number of hydrogen-bond donors (Lipinski definition) is 1. The minimum absolute atomic E-state index is 0.251. The van der Waals surface area contributed by atoms with E-state index in [0.717, 1.165) is 11.4 Å². The Kier molecular flexibility index (Phi) is 3.98. The molecule has 1 aliphatic rings. The fraction of sp³-hybridized carbons (Fsp3) is 0.400. The highest BCUT2D eigenvalue weighted by Gasteiger charge is 2.29. The predicted molar refractivity (Wildman–Crippen MR) is 77.6 cm³/mol. The van der Waals surface area contributed by atoms with E-state index in [1.54, 1.807) is 23.5 Å². The predicted octanol–water partition coefficient (Wildman–Crippen LogP) is 3.24. The molecule has 1 saturated carbocycles. The smallest absolute Gasteiger partial charge is 0.123 e. The van der Waals surface area contributed by atoms with Gasteiger partial charge in [-0.15, -0.1) is 11.3 Å². The molecule has 0 radical (unpaired) electrons. The van der Waals surface area contributed by atoms with E-state index in [4.69, 9.17) is 10.5 Å². The molecule has 1 heterocycles. The van der Waals surface area contributed by atoms with Crippen LogP contribution in [0.4, 0.5) is 4.39 Å². The Morgan fingerprint density at radius 3 is 2.70 bits per heavy atom. The first-order valence-electron chi connectivity index (χ1n) is 6.83. The van der Waals surface area contributed by atoms with E-state index in [0.29, 0.717) is 24.8 Å². The summed E-state index contributed by atoms with van der Waals surface area (Å²) in [6.45, 7) is 1.12. The van der Waals surface area contributed by atoms with E-state index in [9.17, 15) is 4.39 Å². The summed E-state index contributed by atoms with van der Waals surface area (Å²) >= 11 is 1.69. The fourth-order valence-corrected chi connectivity index (χ4v) is 3.14. The van der Waals surface area contributed by atoms with Gasteiger partial charge in [0.15, 0.2) is 0 Å². The van der Waals surface area contributed by atoms with Crippen LogP contribution < -0.4 is 10.5 Å². The molecule has 0 bridgehead atoms. The SMILES string of the molecule is NCc1sc(CCOc2ccc(F)cc2)nc1C1CC1. The van der Waals surface area contributed by atoms with E-state index in [1.807, 2.05) is 0 Å². The van der Waals surface area contributed by atoms with Crippen LogP contribution in [0.5, 0.6) is 5.75 Å². The Hall–Kier alpha value is -1.46. The molecular weight excluding hydrogens is 275 g/mol. The number of halogens is 1. The Balaban J connectivity index is 1.56. The molecular formula is C15H17FN2OS. The maximum Gasteiger partial charge on any atom is 0.123 e. The van der Waals surface area contributed by atoms with Gasteiger partial charge in [0.2, 0.25) is 0 Å². The third-order valence-electron chi connectivity index (χ3n) is 3.32. The molecule has 5 heteroatoms. The van der Waals surface area contributed by atoms with Gasteiger partial charge >= 0.3 is 0 Å². The standard InChI is InChI=1S/C15H17FN2OS/c16-11-3-5-12(6-4-11)19-8-7-14-18-15(10-1-2-10)13(9-17)20-14/h3-6,10H,1-2,7-9,17H2. The van der Waals surface area contributed by atoms with E-state index >= 15 is 0 Å². The van der Waals surface area contributed by atoms with Gasteiger partial charge in [0.1, 0.15) is 11.6 Å².